The Kier molecular flexibility index (Phi) is 6.01. The van der Waals surface area contributed by atoms with Gasteiger partial charge in [0.15, 0.2) is 0 Å². The first-order valence-corrected chi connectivity index (χ1v) is 11.9. The van der Waals surface area contributed by atoms with E-state index in [0.29, 0.717) is 23.8 Å². The molecule has 31 heavy (non-hydrogen) atoms. The Bertz CT molecular complexity index is 928. The molecule has 0 unspecified atom stereocenters. The van der Waals surface area contributed by atoms with Crippen LogP contribution < -0.4 is 0 Å². The van der Waals surface area contributed by atoms with E-state index >= 15 is 0 Å². The van der Waals surface area contributed by atoms with Crippen LogP contribution >= 0.6 is 0 Å². The number of carbonyl (C=O) groups excluding carboxylic acids is 1. The number of piperidine rings is 1. The Morgan fingerprint density at radius 1 is 1.23 bits per heavy atom. The van der Waals surface area contributed by atoms with Gasteiger partial charge in [-0.1, -0.05) is 32.9 Å². The van der Waals surface area contributed by atoms with Crippen molar-refractivity contribution in [3.05, 3.63) is 34.5 Å². The molecule has 0 radical (unpaired) electrons. The van der Waals surface area contributed by atoms with Crippen LogP contribution in [0.15, 0.2) is 10.6 Å². The van der Waals surface area contributed by atoms with Gasteiger partial charge in [0.25, 0.3) is 0 Å². The molecule has 1 aliphatic heterocycles. The van der Waals surface area contributed by atoms with Gasteiger partial charge >= 0.3 is 0 Å². The molecule has 2 aliphatic rings. The zero-order valence-corrected chi connectivity index (χ0v) is 20.1. The van der Waals surface area contributed by atoms with Crippen molar-refractivity contribution in [2.24, 2.45) is 17.3 Å². The molecule has 0 N–H and O–H groups in total. The van der Waals surface area contributed by atoms with Gasteiger partial charge in [0.2, 0.25) is 5.91 Å². The number of aryl methyl sites for hydroxylation is 3. The second kappa shape index (κ2) is 8.44. The smallest absolute Gasteiger partial charge is 0.227 e. The molecule has 1 amide bonds. The third-order valence-corrected chi connectivity index (χ3v) is 7.45. The number of likely N-dealkylation sites (tertiary alicyclic amines) is 1. The van der Waals surface area contributed by atoms with Crippen molar-refractivity contribution in [3.8, 4) is 0 Å². The maximum absolute atomic E-state index is 13.0. The van der Waals surface area contributed by atoms with Crippen LogP contribution in [-0.4, -0.2) is 38.8 Å². The second-order valence-corrected chi connectivity index (χ2v) is 10.9. The van der Waals surface area contributed by atoms with E-state index in [4.69, 9.17) is 4.52 Å². The standard InChI is InChI=1S/C25H38N4O2/c1-16(15-29-18(3)13-17(2)26-29)24(30)28-11-9-19(10-12-28)23-21-14-20(25(4,5)6)7-8-22(21)27-31-23/h13,16,19-20H,7-12,14-15H2,1-6H3/t16-,20+/m1/s1. The summed E-state index contributed by atoms with van der Waals surface area (Å²) in [6.45, 7) is 15.3. The quantitative estimate of drug-likeness (QED) is 0.712. The summed E-state index contributed by atoms with van der Waals surface area (Å²) in [5, 5.41) is 8.94. The minimum absolute atomic E-state index is 0.0693. The summed E-state index contributed by atoms with van der Waals surface area (Å²) in [6.07, 6.45) is 5.22. The van der Waals surface area contributed by atoms with Gasteiger partial charge in [-0.05, 0) is 63.4 Å². The molecule has 1 fully saturated rings. The number of amides is 1. The Balaban J connectivity index is 1.37. The first-order valence-electron chi connectivity index (χ1n) is 11.9. The monoisotopic (exact) mass is 426 g/mol. The Morgan fingerprint density at radius 2 is 1.94 bits per heavy atom. The van der Waals surface area contributed by atoms with Crippen molar-refractivity contribution >= 4 is 5.91 Å². The Labute approximate surface area is 186 Å². The molecule has 2 atom stereocenters. The Morgan fingerprint density at radius 3 is 2.55 bits per heavy atom. The lowest BCUT2D eigenvalue weighted by Crippen LogP contribution is -2.42. The zero-order valence-electron chi connectivity index (χ0n) is 20.1. The average molecular weight is 427 g/mol. The highest BCUT2D eigenvalue weighted by Crippen LogP contribution is 2.41. The summed E-state index contributed by atoms with van der Waals surface area (Å²) in [5.74, 6) is 2.32. The summed E-state index contributed by atoms with van der Waals surface area (Å²) >= 11 is 0. The van der Waals surface area contributed by atoms with Gasteiger partial charge in [0.05, 0.1) is 23.9 Å². The molecule has 1 aliphatic carbocycles. The number of aromatic nitrogens is 3. The highest BCUT2D eigenvalue weighted by molar-refractivity contribution is 5.78. The van der Waals surface area contributed by atoms with Crippen molar-refractivity contribution in [1.29, 1.82) is 0 Å². The summed E-state index contributed by atoms with van der Waals surface area (Å²) in [7, 11) is 0. The predicted octanol–water partition coefficient (Wildman–Crippen LogP) is 4.68. The number of nitrogens with zero attached hydrogens (tertiary/aromatic N) is 4. The molecule has 2 aromatic heterocycles. The SMILES string of the molecule is Cc1cc(C)n(C[C@@H](C)C(=O)N2CCC(c3onc4c3C[C@@H](C(C)(C)C)CC4)CC2)n1. The number of hydrogen-bond donors (Lipinski definition) is 0. The van der Waals surface area contributed by atoms with Gasteiger partial charge in [-0.2, -0.15) is 5.10 Å². The van der Waals surface area contributed by atoms with E-state index in [1.54, 1.807) is 0 Å². The molecule has 3 heterocycles. The minimum Gasteiger partial charge on any atom is -0.361 e. The molecule has 0 aromatic carbocycles. The zero-order chi connectivity index (χ0) is 22.3. The van der Waals surface area contributed by atoms with E-state index in [1.807, 2.05) is 30.4 Å². The lowest BCUT2D eigenvalue weighted by atomic mass is 9.71. The maximum atomic E-state index is 13.0. The topological polar surface area (TPSA) is 64.2 Å². The van der Waals surface area contributed by atoms with E-state index in [9.17, 15) is 4.79 Å². The van der Waals surface area contributed by atoms with Gasteiger partial charge in [-0.25, -0.2) is 0 Å². The molecule has 2 aromatic rings. The average Bonchev–Trinajstić information content (AvgIpc) is 3.28. The summed E-state index contributed by atoms with van der Waals surface area (Å²) in [4.78, 5) is 15.1. The lowest BCUT2D eigenvalue weighted by molar-refractivity contribution is -0.136. The van der Waals surface area contributed by atoms with Crippen LogP contribution in [0, 0.1) is 31.1 Å². The van der Waals surface area contributed by atoms with E-state index in [1.165, 1.54) is 17.7 Å². The first kappa shape index (κ1) is 22.1. The van der Waals surface area contributed by atoms with Gasteiger partial charge in [-0.3, -0.25) is 9.48 Å². The molecule has 1 saturated heterocycles. The summed E-state index contributed by atoms with van der Waals surface area (Å²) in [6, 6.07) is 2.06. The largest absolute Gasteiger partial charge is 0.361 e. The van der Waals surface area contributed by atoms with E-state index in [-0.39, 0.29) is 11.8 Å². The predicted molar refractivity (Wildman–Crippen MR) is 121 cm³/mol. The highest BCUT2D eigenvalue weighted by atomic mass is 16.5. The van der Waals surface area contributed by atoms with Crippen molar-refractivity contribution in [2.75, 3.05) is 13.1 Å². The molecule has 0 spiro atoms. The molecule has 0 bridgehead atoms. The van der Waals surface area contributed by atoms with Crippen LogP contribution in [0.5, 0.6) is 0 Å². The van der Waals surface area contributed by atoms with E-state index in [0.717, 1.165) is 55.9 Å². The van der Waals surface area contributed by atoms with Crippen molar-refractivity contribution in [2.45, 2.75) is 86.1 Å². The maximum Gasteiger partial charge on any atom is 0.227 e. The first-order chi connectivity index (χ1) is 14.6. The Hall–Kier alpha value is -2.11. The molecule has 6 nitrogen and oxygen atoms in total. The number of fused-ring (bicyclic) bond motifs is 1. The van der Waals surface area contributed by atoms with Crippen LogP contribution in [0.3, 0.4) is 0 Å². The van der Waals surface area contributed by atoms with Crippen LogP contribution in [0.2, 0.25) is 0 Å². The number of rotatable bonds is 4. The third-order valence-electron chi connectivity index (χ3n) is 7.45. The van der Waals surface area contributed by atoms with Crippen molar-refractivity contribution in [3.63, 3.8) is 0 Å². The normalized spacial score (nSPS) is 21.2. The lowest BCUT2D eigenvalue weighted by Gasteiger charge is -2.35. The van der Waals surface area contributed by atoms with Crippen molar-refractivity contribution in [1.82, 2.24) is 19.8 Å². The summed E-state index contributed by atoms with van der Waals surface area (Å²) < 4.78 is 7.85. The number of carbonyl (C=O) groups is 1. The molecular formula is C25H38N4O2. The van der Waals surface area contributed by atoms with Crippen LogP contribution in [0.1, 0.15) is 81.3 Å². The molecule has 170 valence electrons. The van der Waals surface area contributed by atoms with Crippen LogP contribution in [-0.2, 0) is 24.2 Å². The second-order valence-electron chi connectivity index (χ2n) is 10.9. The number of hydrogen-bond acceptors (Lipinski definition) is 4. The van der Waals surface area contributed by atoms with E-state index in [2.05, 4.69) is 37.1 Å². The fraction of sp³-hybridized carbons (Fsp3) is 0.720. The minimum atomic E-state index is -0.0693. The fourth-order valence-corrected chi connectivity index (χ4v) is 5.36. The molecule has 4 rings (SSSR count). The van der Waals surface area contributed by atoms with Gasteiger partial charge in [0, 0.05) is 30.3 Å². The van der Waals surface area contributed by atoms with Gasteiger partial charge in [-0.15, -0.1) is 0 Å². The third kappa shape index (κ3) is 4.58. The molecule has 0 saturated carbocycles. The van der Waals surface area contributed by atoms with Crippen LogP contribution in [0.25, 0.3) is 0 Å². The van der Waals surface area contributed by atoms with Crippen molar-refractivity contribution < 1.29 is 9.32 Å². The van der Waals surface area contributed by atoms with Gasteiger partial charge in [0.1, 0.15) is 5.76 Å². The highest BCUT2D eigenvalue weighted by Gasteiger charge is 2.36. The summed E-state index contributed by atoms with van der Waals surface area (Å²) in [5.41, 5.74) is 4.96. The van der Waals surface area contributed by atoms with E-state index < -0.39 is 0 Å². The fourth-order valence-electron chi connectivity index (χ4n) is 5.36. The molecular weight excluding hydrogens is 388 g/mol. The molecule has 6 heteroatoms. The van der Waals surface area contributed by atoms with Crippen LogP contribution in [0.4, 0.5) is 0 Å². The van der Waals surface area contributed by atoms with Gasteiger partial charge < -0.3 is 9.42 Å².